The summed E-state index contributed by atoms with van der Waals surface area (Å²) in [7, 11) is 0. The van der Waals surface area contributed by atoms with Crippen LogP contribution < -0.4 is 0 Å². The molecule has 100 valence electrons. The van der Waals surface area contributed by atoms with E-state index in [4.69, 9.17) is 5.11 Å². The molecule has 2 aromatic heterocycles. The Bertz CT molecular complexity index is 558. The average Bonchev–Trinajstić information content (AvgIpc) is 2.94. The molecule has 0 aromatic carbocycles. The predicted molar refractivity (Wildman–Crippen MR) is 74.8 cm³/mol. The summed E-state index contributed by atoms with van der Waals surface area (Å²) in [4.78, 5) is 15.2. The first-order chi connectivity index (χ1) is 9.31. The number of amides is 1. The normalized spacial score (nSPS) is 14.6. The van der Waals surface area contributed by atoms with E-state index in [1.807, 2.05) is 40.5 Å². The fourth-order valence-corrected chi connectivity index (χ4v) is 3.08. The average molecular weight is 276 g/mol. The monoisotopic (exact) mass is 276 g/mol. The summed E-state index contributed by atoms with van der Waals surface area (Å²) < 4.78 is 1.95. The highest BCUT2D eigenvalue weighted by Gasteiger charge is 2.34. The zero-order chi connectivity index (χ0) is 13.2. The van der Waals surface area contributed by atoms with Gasteiger partial charge in [-0.25, -0.2) is 0 Å². The topological polar surface area (TPSA) is 45.5 Å². The van der Waals surface area contributed by atoms with Crippen LogP contribution in [-0.2, 0) is 0 Å². The molecule has 0 bridgehead atoms. The van der Waals surface area contributed by atoms with Crippen LogP contribution in [0, 0.1) is 0 Å². The number of hydrogen-bond acceptors (Lipinski definition) is 3. The Morgan fingerprint density at radius 1 is 1.42 bits per heavy atom. The van der Waals surface area contributed by atoms with Gasteiger partial charge in [-0.3, -0.25) is 4.79 Å². The molecule has 2 aromatic rings. The molecule has 0 radical (unpaired) electrons. The lowest BCUT2D eigenvalue weighted by molar-refractivity contribution is 0.0712. The molecule has 0 spiro atoms. The van der Waals surface area contributed by atoms with Gasteiger partial charge in [0.15, 0.2) is 0 Å². The molecule has 1 fully saturated rings. The number of rotatable bonds is 5. The summed E-state index contributed by atoms with van der Waals surface area (Å²) in [5.41, 5.74) is 0.920. The predicted octanol–water partition coefficient (Wildman–Crippen LogP) is 2.14. The van der Waals surface area contributed by atoms with Gasteiger partial charge in [0, 0.05) is 25.0 Å². The highest BCUT2D eigenvalue weighted by Crippen LogP contribution is 2.31. The van der Waals surface area contributed by atoms with Gasteiger partial charge in [-0.2, -0.15) is 0 Å². The van der Waals surface area contributed by atoms with Gasteiger partial charge in [-0.15, -0.1) is 11.3 Å². The van der Waals surface area contributed by atoms with E-state index < -0.39 is 0 Å². The van der Waals surface area contributed by atoms with Gasteiger partial charge >= 0.3 is 0 Å². The molecule has 19 heavy (non-hydrogen) atoms. The van der Waals surface area contributed by atoms with Crippen molar-refractivity contribution in [1.82, 2.24) is 9.47 Å². The molecule has 1 aliphatic rings. The van der Waals surface area contributed by atoms with E-state index in [1.165, 1.54) is 11.3 Å². The Labute approximate surface area is 115 Å². The minimum absolute atomic E-state index is 0.0203. The van der Waals surface area contributed by atoms with Crippen molar-refractivity contribution in [3.63, 3.8) is 0 Å². The smallest absolute Gasteiger partial charge is 0.266 e. The summed E-state index contributed by atoms with van der Waals surface area (Å²) in [6, 6.07) is 6.16. The van der Waals surface area contributed by atoms with E-state index in [-0.39, 0.29) is 12.5 Å². The summed E-state index contributed by atoms with van der Waals surface area (Å²) in [5, 5.41) is 11.1. The molecule has 0 saturated heterocycles. The minimum Gasteiger partial charge on any atom is -0.395 e. The minimum atomic E-state index is 0.0203. The number of aromatic nitrogens is 1. The van der Waals surface area contributed by atoms with Crippen LogP contribution in [0.3, 0.4) is 0 Å². The number of nitrogens with zero attached hydrogens (tertiary/aromatic N) is 2. The third-order valence-electron chi connectivity index (χ3n) is 3.31. The van der Waals surface area contributed by atoms with Crippen LogP contribution in [0.5, 0.6) is 0 Å². The van der Waals surface area contributed by atoms with E-state index in [9.17, 15) is 4.79 Å². The number of aliphatic hydroxyl groups is 1. The molecule has 2 heterocycles. The van der Waals surface area contributed by atoms with E-state index >= 15 is 0 Å². The maximum atomic E-state index is 12.6. The highest BCUT2D eigenvalue weighted by molar-refractivity contribution is 7.12. The Morgan fingerprint density at radius 3 is 2.79 bits per heavy atom. The Hall–Kier alpha value is -1.59. The zero-order valence-corrected chi connectivity index (χ0v) is 11.3. The molecular weight excluding hydrogens is 260 g/mol. The summed E-state index contributed by atoms with van der Waals surface area (Å²) in [6.45, 7) is 0.443. The van der Waals surface area contributed by atoms with Crippen LogP contribution >= 0.6 is 11.3 Å². The first-order valence-corrected chi connectivity index (χ1v) is 7.32. The third kappa shape index (κ3) is 2.43. The summed E-state index contributed by atoms with van der Waals surface area (Å²) in [5.74, 6) is 0.0373. The quantitative estimate of drug-likeness (QED) is 0.909. The van der Waals surface area contributed by atoms with Crippen LogP contribution in [0.1, 0.15) is 22.5 Å². The first-order valence-electron chi connectivity index (χ1n) is 6.44. The van der Waals surface area contributed by atoms with Gasteiger partial charge in [-0.1, -0.05) is 0 Å². The molecule has 1 aliphatic carbocycles. The van der Waals surface area contributed by atoms with Gasteiger partial charge in [-0.05, 0) is 36.4 Å². The van der Waals surface area contributed by atoms with Gasteiger partial charge in [0.2, 0.25) is 0 Å². The summed E-state index contributed by atoms with van der Waals surface area (Å²) >= 11 is 1.46. The lowest BCUT2D eigenvalue weighted by Gasteiger charge is -2.21. The van der Waals surface area contributed by atoms with E-state index in [2.05, 4.69) is 0 Å². The van der Waals surface area contributed by atoms with Crippen molar-refractivity contribution in [2.75, 3.05) is 13.2 Å². The van der Waals surface area contributed by atoms with Crippen LogP contribution in [0.25, 0.3) is 5.69 Å². The van der Waals surface area contributed by atoms with Gasteiger partial charge in [0.25, 0.3) is 5.91 Å². The second-order valence-electron chi connectivity index (χ2n) is 4.68. The molecule has 4 nitrogen and oxygen atoms in total. The Balaban J connectivity index is 1.89. The second-order valence-corrected chi connectivity index (χ2v) is 5.59. The molecule has 1 saturated carbocycles. The fourth-order valence-electron chi connectivity index (χ4n) is 2.24. The SMILES string of the molecule is O=C(c1sccc1-n1cccc1)N(CCO)C1CC1. The van der Waals surface area contributed by atoms with Gasteiger partial charge < -0.3 is 14.6 Å². The molecule has 0 aliphatic heterocycles. The molecule has 1 N–H and O–H groups in total. The Kier molecular flexibility index (Phi) is 3.40. The number of aliphatic hydroxyl groups excluding tert-OH is 1. The molecular formula is C14H16N2O2S. The molecule has 0 unspecified atom stereocenters. The maximum Gasteiger partial charge on any atom is 0.266 e. The zero-order valence-electron chi connectivity index (χ0n) is 10.5. The maximum absolute atomic E-state index is 12.6. The molecule has 1 amide bonds. The number of hydrogen-bond donors (Lipinski definition) is 1. The van der Waals surface area contributed by atoms with Crippen molar-refractivity contribution in [2.45, 2.75) is 18.9 Å². The van der Waals surface area contributed by atoms with Crippen molar-refractivity contribution in [2.24, 2.45) is 0 Å². The van der Waals surface area contributed by atoms with Crippen molar-refractivity contribution in [1.29, 1.82) is 0 Å². The lowest BCUT2D eigenvalue weighted by atomic mass is 10.3. The van der Waals surface area contributed by atoms with Crippen LogP contribution in [0.15, 0.2) is 36.0 Å². The van der Waals surface area contributed by atoms with Crippen LogP contribution in [0.2, 0.25) is 0 Å². The van der Waals surface area contributed by atoms with Crippen LogP contribution in [-0.4, -0.2) is 39.7 Å². The molecule has 5 heteroatoms. The van der Waals surface area contributed by atoms with Crippen molar-refractivity contribution < 1.29 is 9.90 Å². The largest absolute Gasteiger partial charge is 0.395 e. The third-order valence-corrected chi connectivity index (χ3v) is 4.20. The molecule has 0 atom stereocenters. The van der Waals surface area contributed by atoms with E-state index in [0.29, 0.717) is 12.6 Å². The highest BCUT2D eigenvalue weighted by atomic mass is 32.1. The van der Waals surface area contributed by atoms with E-state index in [0.717, 1.165) is 23.4 Å². The molecule has 3 rings (SSSR count). The summed E-state index contributed by atoms with van der Waals surface area (Å²) in [6.07, 6.45) is 5.98. The van der Waals surface area contributed by atoms with Gasteiger partial charge in [0.05, 0.1) is 12.3 Å². The number of carbonyl (C=O) groups is 1. The Morgan fingerprint density at radius 2 is 2.16 bits per heavy atom. The van der Waals surface area contributed by atoms with E-state index in [1.54, 1.807) is 4.90 Å². The van der Waals surface area contributed by atoms with Crippen molar-refractivity contribution in [3.05, 3.63) is 40.8 Å². The fraction of sp³-hybridized carbons (Fsp3) is 0.357. The van der Waals surface area contributed by atoms with Gasteiger partial charge in [0.1, 0.15) is 4.88 Å². The van der Waals surface area contributed by atoms with Crippen LogP contribution in [0.4, 0.5) is 0 Å². The number of thiophene rings is 1. The standard InChI is InChI=1S/C14H16N2O2S/c17-9-8-16(11-3-4-11)14(18)13-12(5-10-19-13)15-6-1-2-7-15/h1-2,5-7,10-11,17H,3-4,8-9H2. The van der Waals surface area contributed by atoms with Crippen molar-refractivity contribution >= 4 is 17.2 Å². The first kappa shape index (κ1) is 12.4. The lowest BCUT2D eigenvalue weighted by Crippen LogP contribution is -2.35. The second kappa shape index (κ2) is 5.19. The number of carbonyl (C=O) groups excluding carboxylic acids is 1. The van der Waals surface area contributed by atoms with Crippen molar-refractivity contribution in [3.8, 4) is 5.69 Å².